The molecule has 3 fully saturated rings. The number of rotatable bonds is 0. The molecule has 0 radical (unpaired) electrons. The normalized spacial score (nSPS) is 33.5. The number of anilines is 1. The van der Waals surface area contributed by atoms with Gasteiger partial charge >= 0.3 is 0 Å². The van der Waals surface area contributed by atoms with E-state index >= 15 is 0 Å². The van der Waals surface area contributed by atoms with Gasteiger partial charge in [-0.05, 0) is 75.6 Å². The molecule has 2 aromatic rings. The van der Waals surface area contributed by atoms with Gasteiger partial charge in [-0.3, -0.25) is 9.69 Å². The minimum Gasteiger partial charge on any atom is -0.440 e. The van der Waals surface area contributed by atoms with Crippen LogP contribution in [0.5, 0.6) is 0 Å². The zero-order chi connectivity index (χ0) is 17.3. The average molecular weight is 350 g/mol. The lowest BCUT2D eigenvalue weighted by Gasteiger charge is -2.58. The van der Waals surface area contributed by atoms with E-state index in [1.165, 1.54) is 38.8 Å². The summed E-state index contributed by atoms with van der Waals surface area (Å²) in [5.41, 5.74) is 1.85. The molecule has 26 heavy (non-hydrogen) atoms. The van der Waals surface area contributed by atoms with Crippen LogP contribution in [0.2, 0.25) is 0 Å². The molecular weight excluding hydrogens is 324 g/mol. The largest absolute Gasteiger partial charge is 0.440 e. The minimum absolute atomic E-state index is 0.191. The van der Waals surface area contributed by atoms with Gasteiger partial charge in [0.05, 0.1) is 10.9 Å². The zero-order valence-corrected chi connectivity index (χ0v) is 15.2. The molecule has 0 N–H and O–H groups in total. The smallest absolute Gasteiger partial charge is 0.203 e. The quantitative estimate of drug-likeness (QED) is 0.729. The number of piperidine rings is 3. The second-order valence-electron chi connectivity index (χ2n) is 8.70. The molecule has 0 saturated carbocycles. The van der Waals surface area contributed by atoms with E-state index in [2.05, 4.69) is 9.80 Å². The fourth-order valence-corrected chi connectivity index (χ4v) is 6.51. The third kappa shape index (κ3) is 2.02. The summed E-state index contributed by atoms with van der Waals surface area (Å²) in [5.74, 6) is 2.37. The van der Waals surface area contributed by atoms with Crippen LogP contribution in [-0.2, 0) is 6.42 Å². The van der Waals surface area contributed by atoms with Crippen molar-refractivity contribution in [3.63, 3.8) is 0 Å². The van der Waals surface area contributed by atoms with Crippen molar-refractivity contribution in [1.29, 1.82) is 0 Å². The fourth-order valence-electron chi connectivity index (χ4n) is 6.51. The molecule has 0 amide bonds. The van der Waals surface area contributed by atoms with E-state index < -0.39 is 0 Å². The molecule has 136 valence electrons. The molecule has 4 heteroatoms. The van der Waals surface area contributed by atoms with Crippen molar-refractivity contribution >= 4 is 16.9 Å². The third-order valence-electron chi connectivity index (χ3n) is 7.49. The van der Waals surface area contributed by atoms with Crippen LogP contribution in [0.1, 0.15) is 37.7 Å². The van der Waals surface area contributed by atoms with E-state index in [0.29, 0.717) is 6.04 Å². The monoisotopic (exact) mass is 350 g/mol. The molecule has 4 atom stereocenters. The maximum atomic E-state index is 13.0. The zero-order valence-electron chi connectivity index (χ0n) is 15.2. The van der Waals surface area contributed by atoms with E-state index in [4.69, 9.17) is 4.42 Å². The van der Waals surface area contributed by atoms with Crippen LogP contribution < -0.4 is 10.3 Å². The van der Waals surface area contributed by atoms with E-state index in [0.717, 1.165) is 59.7 Å². The van der Waals surface area contributed by atoms with E-state index in [1.807, 2.05) is 24.3 Å². The molecule has 1 aromatic carbocycles. The van der Waals surface area contributed by atoms with Crippen LogP contribution >= 0.6 is 0 Å². The summed E-state index contributed by atoms with van der Waals surface area (Å²) in [6, 6.07) is 9.06. The van der Waals surface area contributed by atoms with Gasteiger partial charge < -0.3 is 9.32 Å². The molecule has 6 rings (SSSR count). The highest BCUT2D eigenvalue weighted by molar-refractivity contribution is 5.79. The van der Waals surface area contributed by atoms with E-state index in [-0.39, 0.29) is 5.43 Å². The lowest BCUT2D eigenvalue weighted by atomic mass is 9.68. The predicted molar refractivity (Wildman–Crippen MR) is 103 cm³/mol. The van der Waals surface area contributed by atoms with Gasteiger partial charge in [0.1, 0.15) is 5.58 Å². The predicted octanol–water partition coefficient (Wildman–Crippen LogP) is 3.42. The molecule has 0 aliphatic carbocycles. The maximum Gasteiger partial charge on any atom is 0.203 e. The first kappa shape index (κ1) is 15.3. The average Bonchev–Trinajstić information content (AvgIpc) is 2.69. The number of benzene rings is 1. The summed E-state index contributed by atoms with van der Waals surface area (Å²) in [4.78, 5) is 18.3. The fraction of sp³-hybridized carbons (Fsp3) is 0.591. The second-order valence-corrected chi connectivity index (χ2v) is 8.70. The highest BCUT2D eigenvalue weighted by atomic mass is 16.4. The van der Waals surface area contributed by atoms with Crippen LogP contribution in [0, 0.1) is 11.8 Å². The molecule has 4 nitrogen and oxygen atoms in total. The van der Waals surface area contributed by atoms with Crippen molar-refractivity contribution in [1.82, 2.24) is 4.90 Å². The first-order valence-corrected chi connectivity index (χ1v) is 10.4. The molecule has 4 aliphatic heterocycles. The number of hydrogen-bond donors (Lipinski definition) is 0. The van der Waals surface area contributed by atoms with Crippen LogP contribution in [0.15, 0.2) is 33.5 Å². The van der Waals surface area contributed by atoms with Gasteiger partial charge in [0.2, 0.25) is 5.88 Å². The topological polar surface area (TPSA) is 36.7 Å². The standard InChI is InChI=1S/C22H26N2O2/c25-21-16-6-1-2-8-19(16)26-22-17(21)9-10-18-15-7-4-12-23-11-3-5-14(20(15)23)13-24(18)22/h1-2,6,8,14-15,18,20H,3-5,7,9-13H2/t14-,15+,18+,20-/m0/s1. The summed E-state index contributed by atoms with van der Waals surface area (Å²) in [7, 11) is 0. The molecule has 5 heterocycles. The molecule has 0 spiro atoms. The van der Waals surface area contributed by atoms with Gasteiger partial charge in [0.25, 0.3) is 0 Å². The van der Waals surface area contributed by atoms with Crippen molar-refractivity contribution in [3.05, 3.63) is 40.1 Å². The van der Waals surface area contributed by atoms with E-state index in [9.17, 15) is 4.79 Å². The Labute approximate surface area is 153 Å². The Morgan fingerprint density at radius 2 is 1.88 bits per heavy atom. The van der Waals surface area contributed by atoms with Crippen LogP contribution in [0.4, 0.5) is 5.88 Å². The number of nitrogens with zero attached hydrogens (tertiary/aromatic N) is 2. The Kier molecular flexibility index (Phi) is 3.28. The van der Waals surface area contributed by atoms with Gasteiger partial charge in [-0.15, -0.1) is 0 Å². The van der Waals surface area contributed by atoms with Gasteiger partial charge in [0, 0.05) is 18.6 Å². The summed E-state index contributed by atoms with van der Waals surface area (Å²) in [6.45, 7) is 3.65. The summed E-state index contributed by atoms with van der Waals surface area (Å²) in [6.07, 6.45) is 7.29. The van der Waals surface area contributed by atoms with Crippen molar-refractivity contribution in [2.75, 3.05) is 24.5 Å². The van der Waals surface area contributed by atoms with Crippen molar-refractivity contribution in [3.8, 4) is 0 Å². The van der Waals surface area contributed by atoms with E-state index in [1.54, 1.807) is 0 Å². The third-order valence-corrected chi connectivity index (χ3v) is 7.49. The van der Waals surface area contributed by atoms with Crippen LogP contribution in [-0.4, -0.2) is 36.6 Å². The van der Waals surface area contributed by atoms with Gasteiger partial charge in [-0.25, -0.2) is 0 Å². The Morgan fingerprint density at radius 1 is 1.04 bits per heavy atom. The SMILES string of the molecule is O=c1c2c(oc3ccccc13)N1C[C@@H]3CCCN4CCC[C@@H]([C@H]34)[C@H]1CC2. The number of hydrogen-bond acceptors (Lipinski definition) is 4. The van der Waals surface area contributed by atoms with Crippen LogP contribution in [0.3, 0.4) is 0 Å². The molecular formula is C22H26N2O2. The molecule has 4 aliphatic rings. The lowest BCUT2D eigenvalue weighted by molar-refractivity contribution is -0.0152. The first-order chi connectivity index (χ1) is 12.8. The Hall–Kier alpha value is -1.81. The van der Waals surface area contributed by atoms with Crippen molar-refractivity contribution < 1.29 is 4.42 Å². The first-order valence-electron chi connectivity index (χ1n) is 10.4. The second kappa shape index (κ2) is 5.59. The summed E-state index contributed by atoms with van der Waals surface area (Å²) >= 11 is 0. The molecule has 0 bridgehead atoms. The Bertz CT molecular complexity index is 918. The van der Waals surface area contributed by atoms with Gasteiger partial charge in [-0.1, -0.05) is 12.1 Å². The number of fused-ring (bicyclic) bond motifs is 5. The maximum absolute atomic E-state index is 13.0. The molecule has 3 saturated heterocycles. The molecule has 0 unspecified atom stereocenters. The minimum atomic E-state index is 0.191. The summed E-state index contributed by atoms with van der Waals surface area (Å²) in [5, 5.41) is 0.737. The highest BCUT2D eigenvalue weighted by Gasteiger charge is 2.50. The number of para-hydroxylation sites is 1. The Balaban J connectivity index is 1.48. The lowest BCUT2D eigenvalue weighted by Crippen LogP contribution is -2.65. The van der Waals surface area contributed by atoms with Crippen molar-refractivity contribution in [2.24, 2.45) is 11.8 Å². The van der Waals surface area contributed by atoms with Crippen molar-refractivity contribution in [2.45, 2.75) is 50.6 Å². The molecule has 1 aromatic heterocycles. The van der Waals surface area contributed by atoms with Crippen LogP contribution in [0.25, 0.3) is 11.0 Å². The van der Waals surface area contributed by atoms with Gasteiger partial charge in [0.15, 0.2) is 5.43 Å². The highest BCUT2D eigenvalue weighted by Crippen LogP contribution is 2.47. The van der Waals surface area contributed by atoms with Gasteiger partial charge in [-0.2, -0.15) is 0 Å². The Morgan fingerprint density at radius 3 is 2.81 bits per heavy atom. The summed E-state index contributed by atoms with van der Waals surface area (Å²) < 4.78 is 6.36.